The molecule has 0 radical (unpaired) electrons. The van der Waals surface area contributed by atoms with Crippen LogP contribution in [0.4, 0.5) is 4.39 Å². The van der Waals surface area contributed by atoms with Gasteiger partial charge in [0.15, 0.2) is 11.6 Å². The van der Waals surface area contributed by atoms with Gasteiger partial charge in [-0.1, -0.05) is 38.7 Å². The number of hydrogen-bond donors (Lipinski definition) is 0. The van der Waals surface area contributed by atoms with Crippen LogP contribution in [0.15, 0.2) is 18.2 Å². The van der Waals surface area contributed by atoms with E-state index in [0.29, 0.717) is 11.7 Å². The first-order valence-electron chi connectivity index (χ1n) is 8.08. The highest BCUT2D eigenvalue weighted by molar-refractivity contribution is 5.31. The van der Waals surface area contributed by atoms with E-state index in [0.717, 1.165) is 11.5 Å². The van der Waals surface area contributed by atoms with E-state index in [2.05, 4.69) is 6.92 Å². The molecule has 112 valence electrons. The molecule has 1 aromatic rings. The number of rotatable bonds is 6. The van der Waals surface area contributed by atoms with E-state index in [4.69, 9.17) is 4.74 Å². The van der Waals surface area contributed by atoms with Crippen LogP contribution in [0.3, 0.4) is 0 Å². The fourth-order valence-electron chi connectivity index (χ4n) is 3.40. The quantitative estimate of drug-likeness (QED) is 0.607. The molecule has 0 saturated heterocycles. The molecule has 1 nitrogen and oxygen atoms in total. The topological polar surface area (TPSA) is 9.23 Å². The maximum Gasteiger partial charge on any atom is 0.165 e. The highest BCUT2D eigenvalue weighted by Crippen LogP contribution is 2.38. The Morgan fingerprint density at radius 3 is 2.50 bits per heavy atom. The molecular formula is C18H27FO. The molecule has 1 aliphatic rings. The molecule has 0 unspecified atom stereocenters. The van der Waals surface area contributed by atoms with Crippen LogP contribution in [0.1, 0.15) is 69.8 Å². The number of methoxy groups -OCH3 is 1. The molecule has 0 bridgehead atoms. The first-order valence-corrected chi connectivity index (χ1v) is 8.08. The zero-order chi connectivity index (χ0) is 14.4. The van der Waals surface area contributed by atoms with Gasteiger partial charge in [0.05, 0.1) is 7.11 Å². The predicted octanol–water partition coefficient (Wildman–Crippen LogP) is 5.69. The third-order valence-electron chi connectivity index (χ3n) is 4.71. The SMILES string of the molecule is CCCCCC1CCC(c2ccc(OC)c(F)c2)CC1. The summed E-state index contributed by atoms with van der Waals surface area (Å²) in [4.78, 5) is 0. The average Bonchev–Trinajstić information content (AvgIpc) is 2.48. The molecule has 20 heavy (non-hydrogen) atoms. The average molecular weight is 278 g/mol. The zero-order valence-corrected chi connectivity index (χ0v) is 12.8. The lowest BCUT2D eigenvalue weighted by atomic mass is 9.77. The maximum atomic E-state index is 13.8. The molecule has 2 rings (SSSR count). The van der Waals surface area contributed by atoms with E-state index in [-0.39, 0.29) is 5.82 Å². The monoisotopic (exact) mass is 278 g/mol. The number of unbranched alkanes of at least 4 members (excludes halogenated alkanes) is 2. The number of benzene rings is 1. The highest BCUT2D eigenvalue weighted by atomic mass is 19.1. The number of hydrogen-bond acceptors (Lipinski definition) is 1. The summed E-state index contributed by atoms with van der Waals surface area (Å²) < 4.78 is 18.7. The summed E-state index contributed by atoms with van der Waals surface area (Å²) >= 11 is 0. The van der Waals surface area contributed by atoms with Crippen molar-refractivity contribution in [3.05, 3.63) is 29.6 Å². The fraction of sp³-hybridized carbons (Fsp3) is 0.667. The van der Waals surface area contributed by atoms with Crippen molar-refractivity contribution in [2.75, 3.05) is 7.11 Å². The van der Waals surface area contributed by atoms with Crippen LogP contribution >= 0.6 is 0 Å². The Labute approximate surface area is 122 Å². The van der Waals surface area contributed by atoms with E-state index in [1.807, 2.05) is 6.07 Å². The largest absolute Gasteiger partial charge is 0.494 e. The zero-order valence-electron chi connectivity index (χ0n) is 12.8. The highest BCUT2D eigenvalue weighted by Gasteiger charge is 2.22. The number of ether oxygens (including phenoxy) is 1. The summed E-state index contributed by atoms with van der Waals surface area (Å²) in [6, 6.07) is 5.46. The number of halogens is 1. The van der Waals surface area contributed by atoms with Gasteiger partial charge in [0.2, 0.25) is 0 Å². The second-order valence-corrected chi connectivity index (χ2v) is 6.11. The third kappa shape index (κ3) is 3.97. The van der Waals surface area contributed by atoms with Crippen molar-refractivity contribution in [3.8, 4) is 5.75 Å². The van der Waals surface area contributed by atoms with Gasteiger partial charge in [-0.05, 0) is 55.2 Å². The summed E-state index contributed by atoms with van der Waals surface area (Å²) in [5, 5.41) is 0. The van der Waals surface area contributed by atoms with Crippen LogP contribution in [-0.2, 0) is 0 Å². The molecule has 0 aliphatic heterocycles. The van der Waals surface area contributed by atoms with Gasteiger partial charge in [-0.3, -0.25) is 0 Å². The lowest BCUT2D eigenvalue weighted by Gasteiger charge is -2.29. The lowest BCUT2D eigenvalue weighted by molar-refractivity contribution is 0.302. The first-order chi connectivity index (χ1) is 9.74. The minimum Gasteiger partial charge on any atom is -0.494 e. The summed E-state index contributed by atoms with van der Waals surface area (Å²) in [7, 11) is 1.51. The Morgan fingerprint density at radius 2 is 1.90 bits per heavy atom. The summed E-state index contributed by atoms with van der Waals surface area (Å²) in [6.07, 6.45) is 10.5. The summed E-state index contributed by atoms with van der Waals surface area (Å²) in [5.41, 5.74) is 1.15. The molecular weight excluding hydrogens is 251 g/mol. The Bertz CT molecular complexity index is 408. The van der Waals surface area contributed by atoms with Crippen LogP contribution in [0.2, 0.25) is 0 Å². The van der Waals surface area contributed by atoms with E-state index in [1.54, 1.807) is 12.1 Å². The minimum absolute atomic E-state index is 0.227. The Balaban J connectivity index is 1.85. The van der Waals surface area contributed by atoms with Crippen LogP contribution in [-0.4, -0.2) is 7.11 Å². The van der Waals surface area contributed by atoms with Gasteiger partial charge >= 0.3 is 0 Å². The van der Waals surface area contributed by atoms with E-state index in [1.165, 1.54) is 58.5 Å². The molecule has 0 amide bonds. The molecule has 2 heteroatoms. The first kappa shape index (κ1) is 15.3. The van der Waals surface area contributed by atoms with Gasteiger partial charge < -0.3 is 4.74 Å². The molecule has 0 heterocycles. The van der Waals surface area contributed by atoms with Crippen LogP contribution < -0.4 is 4.74 Å². The normalized spacial score (nSPS) is 22.8. The molecule has 1 aliphatic carbocycles. The van der Waals surface area contributed by atoms with Crippen molar-refractivity contribution in [1.29, 1.82) is 0 Å². The molecule has 1 saturated carbocycles. The van der Waals surface area contributed by atoms with Crippen LogP contribution in [0, 0.1) is 11.7 Å². The fourth-order valence-corrected chi connectivity index (χ4v) is 3.40. The van der Waals surface area contributed by atoms with Gasteiger partial charge in [0.25, 0.3) is 0 Å². The molecule has 1 fully saturated rings. The van der Waals surface area contributed by atoms with Crippen molar-refractivity contribution in [1.82, 2.24) is 0 Å². The smallest absolute Gasteiger partial charge is 0.165 e. The van der Waals surface area contributed by atoms with Crippen molar-refractivity contribution >= 4 is 0 Å². The Hall–Kier alpha value is -1.05. The lowest BCUT2D eigenvalue weighted by Crippen LogP contribution is -2.13. The molecule has 0 N–H and O–H groups in total. The predicted molar refractivity (Wildman–Crippen MR) is 81.8 cm³/mol. The standard InChI is InChI=1S/C18H27FO/c1-3-4-5-6-14-7-9-15(10-8-14)16-11-12-18(20-2)17(19)13-16/h11-15H,3-10H2,1-2H3. The van der Waals surface area contributed by atoms with Crippen molar-refractivity contribution < 1.29 is 9.13 Å². The third-order valence-corrected chi connectivity index (χ3v) is 4.71. The summed E-state index contributed by atoms with van der Waals surface area (Å²) in [6.45, 7) is 2.26. The second-order valence-electron chi connectivity index (χ2n) is 6.11. The van der Waals surface area contributed by atoms with E-state index < -0.39 is 0 Å². The Morgan fingerprint density at radius 1 is 1.15 bits per heavy atom. The van der Waals surface area contributed by atoms with Crippen molar-refractivity contribution in [2.45, 2.75) is 64.2 Å². The summed E-state index contributed by atoms with van der Waals surface area (Å²) in [5.74, 6) is 1.57. The van der Waals surface area contributed by atoms with Gasteiger partial charge in [-0.2, -0.15) is 0 Å². The Kier molecular flexibility index (Phi) is 5.87. The maximum absolute atomic E-state index is 13.8. The van der Waals surface area contributed by atoms with Crippen molar-refractivity contribution in [3.63, 3.8) is 0 Å². The molecule has 0 aromatic heterocycles. The van der Waals surface area contributed by atoms with Gasteiger partial charge in [0, 0.05) is 0 Å². The molecule has 0 atom stereocenters. The molecule has 0 spiro atoms. The van der Waals surface area contributed by atoms with Gasteiger partial charge in [-0.25, -0.2) is 4.39 Å². The van der Waals surface area contributed by atoms with Gasteiger partial charge in [0.1, 0.15) is 0 Å². The van der Waals surface area contributed by atoms with E-state index >= 15 is 0 Å². The van der Waals surface area contributed by atoms with Crippen molar-refractivity contribution in [2.24, 2.45) is 5.92 Å². The van der Waals surface area contributed by atoms with Gasteiger partial charge in [-0.15, -0.1) is 0 Å². The van der Waals surface area contributed by atoms with Crippen LogP contribution in [0.5, 0.6) is 5.75 Å². The minimum atomic E-state index is -0.227. The van der Waals surface area contributed by atoms with E-state index in [9.17, 15) is 4.39 Å². The van der Waals surface area contributed by atoms with Crippen LogP contribution in [0.25, 0.3) is 0 Å². The second kappa shape index (κ2) is 7.66. The molecule has 1 aromatic carbocycles.